The Kier molecular flexibility index (Phi) is 4.53. The van der Waals surface area contributed by atoms with Gasteiger partial charge in [0, 0.05) is 37.1 Å². The van der Waals surface area contributed by atoms with E-state index in [4.69, 9.17) is 0 Å². The second kappa shape index (κ2) is 6.14. The van der Waals surface area contributed by atoms with Crippen molar-refractivity contribution >= 4 is 5.95 Å². The van der Waals surface area contributed by atoms with Crippen molar-refractivity contribution < 1.29 is 0 Å². The lowest BCUT2D eigenvalue weighted by molar-refractivity contribution is 0.551. The zero-order chi connectivity index (χ0) is 13.0. The number of nitrogens with zero attached hydrogens (tertiary/aromatic N) is 3. The van der Waals surface area contributed by atoms with E-state index in [9.17, 15) is 0 Å². The van der Waals surface area contributed by atoms with Crippen LogP contribution in [0.15, 0.2) is 12.4 Å². The van der Waals surface area contributed by atoms with E-state index >= 15 is 0 Å². The smallest absolute Gasteiger partial charge is 0.225 e. The first-order valence-corrected chi connectivity index (χ1v) is 6.99. The van der Waals surface area contributed by atoms with Crippen LogP contribution >= 0.6 is 0 Å². The molecule has 0 saturated heterocycles. The van der Waals surface area contributed by atoms with Gasteiger partial charge in [0.15, 0.2) is 0 Å². The number of aromatic nitrogens is 2. The van der Waals surface area contributed by atoms with Crippen molar-refractivity contribution in [3.8, 4) is 0 Å². The molecule has 1 aromatic rings. The normalized spacial score (nSPS) is 15.1. The third-order valence-electron chi connectivity index (χ3n) is 3.16. The Hall–Kier alpha value is -1.16. The summed E-state index contributed by atoms with van der Waals surface area (Å²) in [5.41, 5.74) is 1.16. The molecule has 18 heavy (non-hydrogen) atoms. The van der Waals surface area contributed by atoms with E-state index in [0.717, 1.165) is 31.1 Å². The second-order valence-corrected chi connectivity index (χ2v) is 5.43. The van der Waals surface area contributed by atoms with Crippen molar-refractivity contribution in [2.45, 2.75) is 46.2 Å². The van der Waals surface area contributed by atoms with Crippen LogP contribution in [0.1, 0.15) is 39.2 Å². The fourth-order valence-corrected chi connectivity index (χ4v) is 2.04. The topological polar surface area (TPSA) is 41.1 Å². The minimum absolute atomic E-state index is 0.677. The minimum atomic E-state index is 0.677. The molecule has 4 nitrogen and oxygen atoms in total. The molecular weight excluding hydrogens is 224 g/mol. The van der Waals surface area contributed by atoms with E-state index in [1.165, 1.54) is 12.8 Å². The molecular formula is C14H24N4. The molecule has 1 saturated carbocycles. The molecule has 0 aromatic carbocycles. The summed E-state index contributed by atoms with van der Waals surface area (Å²) in [6.45, 7) is 9.47. The van der Waals surface area contributed by atoms with E-state index in [1.54, 1.807) is 0 Å². The number of anilines is 1. The van der Waals surface area contributed by atoms with Gasteiger partial charge in [-0.05, 0) is 32.2 Å². The molecule has 0 amide bonds. The van der Waals surface area contributed by atoms with Crippen molar-refractivity contribution in [1.82, 2.24) is 15.3 Å². The average Bonchev–Trinajstić information content (AvgIpc) is 3.16. The van der Waals surface area contributed by atoms with E-state index in [-0.39, 0.29) is 0 Å². The first-order chi connectivity index (χ1) is 8.70. The number of hydrogen-bond acceptors (Lipinski definition) is 4. The summed E-state index contributed by atoms with van der Waals surface area (Å²) in [5.74, 6) is 1.56. The molecule has 1 fully saturated rings. The Morgan fingerprint density at radius 2 is 2.00 bits per heavy atom. The van der Waals surface area contributed by atoms with Crippen molar-refractivity contribution in [2.24, 2.45) is 5.92 Å². The standard InChI is InChI=1S/C14H24N4/c1-4-18(13-5-6-13)14-16-9-12(10-17-14)8-15-7-11(2)3/h9-11,13,15H,4-8H2,1-3H3. The highest BCUT2D eigenvalue weighted by atomic mass is 15.3. The first-order valence-electron chi connectivity index (χ1n) is 6.99. The molecule has 0 spiro atoms. The zero-order valence-corrected chi connectivity index (χ0v) is 11.7. The maximum Gasteiger partial charge on any atom is 0.225 e. The van der Waals surface area contributed by atoms with Crippen molar-refractivity contribution in [1.29, 1.82) is 0 Å². The monoisotopic (exact) mass is 248 g/mol. The number of nitrogens with one attached hydrogen (secondary N) is 1. The summed E-state index contributed by atoms with van der Waals surface area (Å²) in [5, 5.41) is 3.41. The molecule has 1 heterocycles. The Morgan fingerprint density at radius 1 is 1.33 bits per heavy atom. The molecule has 2 rings (SSSR count). The quantitative estimate of drug-likeness (QED) is 0.803. The minimum Gasteiger partial charge on any atom is -0.338 e. The van der Waals surface area contributed by atoms with Gasteiger partial charge in [0.1, 0.15) is 0 Å². The van der Waals surface area contributed by atoms with Crippen molar-refractivity contribution in [3.63, 3.8) is 0 Å². The number of rotatable bonds is 7. The molecule has 1 aliphatic carbocycles. The lowest BCUT2D eigenvalue weighted by Crippen LogP contribution is -2.27. The Balaban J connectivity index is 1.88. The van der Waals surface area contributed by atoms with Crippen LogP contribution in [0.2, 0.25) is 0 Å². The van der Waals surface area contributed by atoms with E-state index < -0.39 is 0 Å². The predicted octanol–water partition coefficient (Wildman–Crippen LogP) is 2.21. The number of hydrogen-bond donors (Lipinski definition) is 1. The van der Waals surface area contributed by atoms with Gasteiger partial charge in [0.25, 0.3) is 0 Å². The third-order valence-corrected chi connectivity index (χ3v) is 3.16. The highest BCUT2D eigenvalue weighted by Crippen LogP contribution is 2.29. The van der Waals surface area contributed by atoms with Crippen LogP contribution in [-0.2, 0) is 6.54 Å². The fraction of sp³-hybridized carbons (Fsp3) is 0.714. The van der Waals surface area contributed by atoms with Gasteiger partial charge < -0.3 is 10.2 Å². The Labute approximate surface area is 110 Å². The van der Waals surface area contributed by atoms with Crippen LogP contribution in [0.25, 0.3) is 0 Å². The average molecular weight is 248 g/mol. The first kappa shape index (κ1) is 13.3. The van der Waals surface area contributed by atoms with Gasteiger partial charge in [-0.1, -0.05) is 13.8 Å². The SMILES string of the molecule is CCN(c1ncc(CNCC(C)C)cn1)C1CC1. The molecule has 0 atom stereocenters. The second-order valence-electron chi connectivity index (χ2n) is 5.43. The summed E-state index contributed by atoms with van der Waals surface area (Å²) in [4.78, 5) is 11.3. The van der Waals surface area contributed by atoms with Crippen LogP contribution in [0.3, 0.4) is 0 Å². The van der Waals surface area contributed by atoms with Gasteiger partial charge in [0.05, 0.1) is 0 Å². The summed E-state index contributed by atoms with van der Waals surface area (Å²) in [6.07, 6.45) is 6.46. The fourth-order valence-electron chi connectivity index (χ4n) is 2.04. The summed E-state index contributed by atoms with van der Waals surface area (Å²) in [7, 11) is 0. The van der Waals surface area contributed by atoms with E-state index in [2.05, 4.69) is 41.0 Å². The lowest BCUT2D eigenvalue weighted by atomic mass is 10.2. The van der Waals surface area contributed by atoms with Crippen LogP contribution in [0, 0.1) is 5.92 Å². The Morgan fingerprint density at radius 3 is 2.50 bits per heavy atom. The van der Waals surface area contributed by atoms with Gasteiger partial charge in [-0.2, -0.15) is 0 Å². The maximum absolute atomic E-state index is 4.48. The molecule has 100 valence electrons. The summed E-state index contributed by atoms with van der Waals surface area (Å²) in [6, 6.07) is 0.680. The van der Waals surface area contributed by atoms with Crippen LogP contribution < -0.4 is 10.2 Å². The van der Waals surface area contributed by atoms with Gasteiger partial charge in [-0.3, -0.25) is 0 Å². The lowest BCUT2D eigenvalue weighted by Gasteiger charge is -2.20. The molecule has 0 aliphatic heterocycles. The summed E-state index contributed by atoms with van der Waals surface area (Å²) >= 11 is 0. The van der Waals surface area contributed by atoms with E-state index in [0.29, 0.717) is 12.0 Å². The van der Waals surface area contributed by atoms with Gasteiger partial charge in [-0.15, -0.1) is 0 Å². The molecule has 0 bridgehead atoms. The largest absolute Gasteiger partial charge is 0.338 e. The Bertz CT molecular complexity index is 357. The third kappa shape index (κ3) is 3.67. The molecule has 1 aliphatic rings. The van der Waals surface area contributed by atoms with Gasteiger partial charge in [0.2, 0.25) is 5.95 Å². The maximum atomic E-state index is 4.48. The van der Waals surface area contributed by atoms with Gasteiger partial charge >= 0.3 is 0 Å². The molecule has 0 unspecified atom stereocenters. The molecule has 1 N–H and O–H groups in total. The van der Waals surface area contributed by atoms with Gasteiger partial charge in [-0.25, -0.2) is 9.97 Å². The molecule has 4 heteroatoms. The highest BCUT2D eigenvalue weighted by molar-refractivity contribution is 5.33. The van der Waals surface area contributed by atoms with Crippen molar-refractivity contribution in [3.05, 3.63) is 18.0 Å². The van der Waals surface area contributed by atoms with E-state index in [1.807, 2.05) is 12.4 Å². The summed E-state index contributed by atoms with van der Waals surface area (Å²) < 4.78 is 0. The van der Waals surface area contributed by atoms with Crippen molar-refractivity contribution in [2.75, 3.05) is 18.0 Å². The highest BCUT2D eigenvalue weighted by Gasteiger charge is 2.29. The predicted molar refractivity (Wildman–Crippen MR) is 74.6 cm³/mol. The van der Waals surface area contributed by atoms with Crippen LogP contribution in [0.4, 0.5) is 5.95 Å². The molecule has 1 aromatic heterocycles. The molecule has 0 radical (unpaired) electrons. The zero-order valence-electron chi connectivity index (χ0n) is 11.7. The van der Waals surface area contributed by atoms with Crippen LogP contribution in [0.5, 0.6) is 0 Å². The van der Waals surface area contributed by atoms with Crippen LogP contribution in [-0.4, -0.2) is 29.1 Å².